The summed E-state index contributed by atoms with van der Waals surface area (Å²) in [7, 11) is 0. The monoisotopic (exact) mass is 342 g/mol. The van der Waals surface area contributed by atoms with Crippen LogP contribution in [-0.2, 0) is 6.42 Å². The molecule has 1 fully saturated rings. The SMILES string of the molecule is CCNC(=NCCc1nc(C)no1)NC1CCN(c2ccccc2)C1. The number of hydrogen-bond acceptors (Lipinski definition) is 5. The fraction of sp³-hybridized carbons (Fsp3) is 0.500. The first kappa shape index (κ1) is 17.3. The Morgan fingerprint density at radius 2 is 2.20 bits per heavy atom. The number of anilines is 1. The summed E-state index contributed by atoms with van der Waals surface area (Å²) in [4.78, 5) is 11.2. The van der Waals surface area contributed by atoms with Crippen LogP contribution in [0.5, 0.6) is 0 Å². The quantitative estimate of drug-likeness (QED) is 0.615. The number of para-hydroxylation sites is 1. The lowest BCUT2D eigenvalue weighted by atomic mass is 10.3. The molecular weight excluding hydrogens is 316 g/mol. The summed E-state index contributed by atoms with van der Waals surface area (Å²) in [5.74, 6) is 2.14. The van der Waals surface area contributed by atoms with Gasteiger partial charge in [-0.2, -0.15) is 4.98 Å². The Hall–Kier alpha value is -2.57. The lowest BCUT2D eigenvalue weighted by molar-refractivity contribution is 0.376. The van der Waals surface area contributed by atoms with Crippen LogP contribution in [0.2, 0.25) is 0 Å². The van der Waals surface area contributed by atoms with Crippen molar-refractivity contribution in [1.82, 2.24) is 20.8 Å². The summed E-state index contributed by atoms with van der Waals surface area (Å²) in [6, 6.07) is 10.9. The minimum Gasteiger partial charge on any atom is -0.369 e. The van der Waals surface area contributed by atoms with Gasteiger partial charge in [-0.3, -0.25) is 4.99 Å². The van der Waals surface area contributed by atoms with Crippen molar-refractivity contribution < 1.29 is 4.52 Å². The maximum absolute atomic E-state index is 5.12. The summed E-state index contributed by atoms with van der Waals surface area (Å²) in [6.45, 7) is 7.39. The fourth-order valence-corrected chi connectivity index (χ4v) is 2.97. The molecule has 1 saturated heterocycles. The molecule has 2 aromatic rings. The van der Waals surface area contributed by atoms with Gasteiger partial charge in [0, 0.05) is 37.8 Å². The summed E-state index contributed by atoms with van der Waals surface area (Å²) in [5, 5.41) is 10.6. The molecule has 1 atom stereocenters. The molecule has 1 aliphatic rings. The van der Waals surface area contributed by atoms with Crippen molar-refractivity contribution in [2.75, 3.05) is 31.1 Å². The van der Waals surface area contributed by atoms with Gasteiger partial charge >= 0.3 is 0 Å². The predicted molar refractivity (Wildman–Crippen MR) is 98.9 cm³/mol. The first-order chi connectivity index (χ1) is 12.2. The maximum Gasteiger partial charge on any atom is 0.228 e. The van der Waals surface area contributed by atoms with Crippen LogP contribution < -0.4 is 15.5 Å². The summed E-state index contributed by atoms with van der Waals surface area (Å²) >= 11 is 0. The average Bonchev–Trinajstić information content (AvgIpc) is 3.25. The summed E-state index contributed by atoms with van der Waals surface area (Å²) in [6.07, 6.45) is 1.75. The number of nitrogens with zero attached hydrogens (tertiary/aromatic N) is 4. The van der Waals surface area contributed by atoms with Crippen LogP contribution in [0.25, 0.3) is 0 Å². The molecule has 0 aliphatic carbocycles. The van der Waals surface area contributed by atoms with Crippen LogP contribution in [0.3, 0.4) is 0 Å². The zero-order chi connectivity index (χ0) is 17.5. The topological polar surface area (TPSA) is 78.6 Å². The van der Waals surface area contributed by atoms with Crippen LogP contribution in [-0.4, -0.2) is 48.3 Å². The number of rotatable bonds is 6. The van der Waals surface area contributed by atoms with Gasteiger partial charge in [0.15, 0.2) is 11.8 Å². The molecule has 2 heterocycles. The van der Waals surface area contributed by atoms with Gasteiger partial charge in [-0.05, 0) is 32.4 Å². The maximum atomic E-state index is 5.12. The van der Waals surface area contributed by atoms with Gasteiger partial charge in [-0.15, -0.1) is 0 Å². The van der Waals surface area contributed by atoms with Gasteiger partial charge < -0.3 is 20.1 Å². The van der Waals surface area contributed by atoms with Crippen LogP contribution in [0, 0.1) is 6.92 Å². The Morgan fingerprint density at radius 1 is 1.36 bits per heavy atom. The standard InChI is InChI=1S/C18H26N6O/c1-3-19-18(20-11-9-17-21-14(2)23-25-17)22-15-10-12-24(13-15)16-7-5-4-6-8-16/h4-8,15H,3,9-13H2,1-2H3,(H2,19,20,22). The second kappa shape index (κ2) is 8.50. The third-order valence-corrected chi connectivity index (χ3v) is 4.16. The Morgan fingerprint density at radius 3 is 2.92 bits per heavy atom. The van der Waals surface area contributed by atoms with Crippen molar-refractivity contribution in [2.45, 2.75) is 32.7 Å². The van der Waals surface area contributed by atoms with Gasteiger partial charge in [0.25, 0.3) is 0 Å². The Labute approximate surface area is 148 Å². The van der Waals surface area contributed by atoms with Crippen molar-refractivity contribution in [3.8, 4) is 0 Å². The highest BCUT2D eigenvalue weighted by atomic mass is 16.5. The van der Waals surface area contributed by atoms with E-state index in [1.807, 2.05) is 6.92 Å². The molecule has 0 spiro atoms. The second-order valence-electron chi connectivity index (χ2n) is 6.16. The van der Waals surface area contributed by atoms with E-state index in [1.165, 1.54) is 5.69 Å². The molecule has 134 valence electrons. The van der Waals surface area contributed by atoms with Crippen LogP contribution >= 0.6 is 0 Å². The highest BCUT2D eigenvalue weighted by Gasteiger charge is 2.23. The van der Waals surface area contributed by atoms with Crippen molar-refractivity contribution >= 4 is 11.6 Å². The van der Waals surface area contributed by atoms with Crippen molar-refractivity contribution in [3.63, 3.8) is 0 Å². The second-order valence-corrected chi connectivity index (χ2v) is 6.16. The zero-order valence-corrected chi connectivity index (χ0v) is 14.9. The van der Waals surface area contributed by atoms with E-state index in [9.17, 15) is 0 Å². The van der Waals surface area contributed by atoms with Crippen LogP contribution in [0.4, 0.5) is 5.69 Å². The van der Waals surface area contributed by atoms with Crippen LogP contribution in [0.15, 0.2) is 39.8 Å². The minimum absolute atomic E-state index is 0.392. The third-order valence-electron chi connectivity index (χ3n) is 4.16. The van der Waals surface area contributed by atoms with Crippen LogP contribution in [0.1, 0.15) is 25.1 Å². The zero-order valence-electron chi connectivity index (χ0n) is 14.9. The molecule has 7 heteroatoms. The molecule has 1 aromatic carbocycles. The van der Waals surface area contributed by atoms with E-state index in [1.54, 1.807) is 0 Å². The van der Waals surface area contributed by atoms with E-state index in [0.29, 0.717) is 30.7 Å². The number of hydrogen-bond donors (Lipinski definition) is 2. The lowest BCUT2D eigenvalue weighted by Gasteiger charge is -2.20. The molecule has 3 rings (SSSR count). The third kappa shape index (κ3) is 4.95. The molecule has 0 bridgehead atoms. The Bertz CT molecular complexity index is 684. The fourth-order valence-electron chi connectivity index (χ4n) is 2.97. The molecule has 0 amide bonds. The molecular formula is C18H26N6O. The molecule has 0 saturated carbocycles. The van der Waals surface area contributed by atoms with Gasteiger partial charge in [0.1, 0.15) is 0 Å². The molecule has 1 aromatic heterocycles. The molecule has 25 heavy (non-hydrogen) atoms. The largest absolute Gasteiger partial charge is 0.369 e. The van der Waals surface area contributed by atoms with Gasteiger partial charge in [0.05, 0.1) is 6.54 Å². The van der Waals surface area contributed by atoms with Gasteiger partial charge in [-0.25, -0.2) is 0 Å². The molecule has 2 N–H and O–H groups in total. The summed E-state index contributed by atoms with van der Waals surface area (Å²) < 4.78 is 5.12. The number of benzene rings is 1. The number of nitrogens with one attached hydrogen (secondary N) is 2. The van der Waals surface area contributed by atoms with Gasteiger partial charge in [0.2, 0.25) is 5.89 Å². The number of aliphatic imine (C=N–C) groups is 1. The predicted octanol–water partition coefficient (Wildman–Crippen LogP) is 1.75. The Kier molecular flexibility index (Phi) is 5.87. The number of aromatic nitrogens is 2. The van der Waals surface area contributed by atoms with E-state index in [0.717, 1.165) is 32.0 Å². The number of aryl methyl sites for hydroxylation is 1. The summed E-state index contributed by atoms with van der Waals surface area (Å²) in [5.41, 5.74) is 1.28. The van der Waals surface area contributed by atoms with E-state index in [-0.39, 0.29) is 0 Å². The Balaban J connectivity index is 1.52. The minimum atomic E-state index is 0.392. The number of guanidine groups is 1. The van der Waals surface area contributed by atoms with E-state index >= 15 is 0 Å². The highest BCUT2D eigenvalue weighted by Crippen LogP contribution is 2.19. The normalized spacial score (nSPS) is 17.8. The molecule has 7 nitrogen and oxygen atoms in total. The molecule has 1 unspecified atom stereocenters. The first-order valence-corrected chi connectivity index (χ1v) is 8.88. The smallest absolute Gasteiger partial charge is 0.228 e. The highest BCUT2D eigenvalue weighted by molar-refractivity contribution is 5.80. The lowest BCUT2D eigenvalue weighted by Crippen LogP contribution is -2.44. The van der Waals surface area contributed by atoms with E-state index < -0.39 is 0 Å². The average molecular weight is 342 g/mol. The molecule has 0 radical (unpaired) electrons. The first-order valence-electron chi connectivity index (χ1n) is 8.88. The van der Waals surface area contributed by atoms with Crippen molar-refractivity contribution in [2.24, 2.45) is 4.99 Å². The van der Waals surface area contributed by atoms with E-state index in [4.69, 9.17) is 4.52 Å². The van der Waals surface area contributed by atoms with Gasteiger partial charge in [-0.1, -0.05) is 23.4 Å². The van der Waals surface area contributed by atoms with Crippen molar-refractivity contribution in [1.29, 1.82) is 0 Å². The van der Waals surface area contributed by atoms with E-state index in [2.05, 4.69) is 67.9 Å². The van der Waals surface area contributed by atoms with Crippen molar-refractivity contribution in [3.05, 3.63) is 42.0 Å². The molecule has 1 aliphatic heterocycles.